The van der Waals surface area contributed by atoms with Crippen LogP contribution in [0, 0.1) is 0 Å². The van der Waals surface area contributed by atoms with Gasteiger partial charge in [-0.25, -0.2) is 9.78 Å². The van der Waals surface area contributed by atoms with Crippen molar-refractivity contribution in [1.82, 2.24) is 20.1 Å². The van der Waals surface area contributed by atoms with Gasteiger partial charge in [-0.15, -0.1) is 11.3 Å². The first-order valence-corrected chi connectivity index (χ1v) is 11.4. The number of benzene rings is 1. The topological polar surface area (TPSA) is 111 Å². The van der Waals surface area contributed by atoms with Crippen molar-refractivity contribution in [1.29, 1.82) is 0 Å². The number of rotatable bonds is 9. The van der Waals surface area contributed by atoms with Crippen LogP contribution in [0.3, 0.4) is 0 Å². The molecular weight excluding hydrogens is 422 g/mol. The fraction of sp³-hybridized carbons (Fsp3) is 0.300. The number of thioether (sulfide) groups is 1. The van der Waals surface area contributed by atoms with Crippen molar-refractivity contribution in [2.45, 2.75) is 23.2 Å². The van der Waals surface area contributed by atoms with E-state index in [0.717, 1.165) is 23.5 Å². The highest BCUT2D eigenvalue weighted by Gasteiger charge is 2.30. The van der Waals surface area contributed by atoms with Crippen molar-refractivity contribution in [3.8, 4) is 11.3 Å². The zero-order valence-corrected chi connectivity index (χ0v) is 17.7. The van der Waals surface area contributed by atoms with Crippen LogP contribution in [-0.4, -0.2) is 61.9 Å². The average Bonchev–Trinajstić information content (AvgIpc) is 3.48. The smallest absolute Gasteiger partial charge is 0.355 e. The number of carbonyl (C=O) groups is 2. The number of carbonyl (C=O) groups excluding carboxylic acids is 1. The number of carboxylic acids is 1. The number of hydrogen-bond donors (Lipinski definition) is 3. The third-order valence-corrected chi connectivity index (χ3v) is 6.90. The minimum atomic E-state index is -1.02. The number of aromatic amines is 1. The SMILES string of the molecule is O=C(O)c1csc(SCCN2C(=O)CCC2CNc2cc(-c3ccccc3)[nH]n2)n1. The maximum absolute atomic E-state index is 12.3. The van der Waals surface area contributed by atoms with E-state index in [0.29, 0.717) is 29.6 Å². The van der Waals surface area contributed by atoms with Crippen LogP contribution in [0.5, 0.6) is 0 Å². The molecule has 1 aliphatic rings. The van der Waals surface area contributed by atoms with Crippen molar-refractivity contribution >= 4 is 40.8 Å². The van der Waals surface area contributed by atoms with Crippen molar-refractivity contribution in [2.75, 3.05) is 24.2 Å². The molecule has 0 radical (unpaired) electrons. The van der Waals surface area contributed by atoms with Gasteiger partial charge in [-0.2, -0.15) is 5.10 Å². The number of thiazole rings is 1. The highest BCUT2D eigenvalue weighted by atomic mass is 32.2. The molecule has 1 atom stereocenters. The number of aromatic carboxylic acids is 1. The van der Waals surface area contributed by atoms with Gasteiger partial charge in [0.2, 0.25) is 5.91 Å². The van der Waals surface area contributed by atoms with Gasteiger partial charge in [-0.1, -0.05) is 42.1 Å². The summed E-state index contributed by atoms with van der Waals surface area (Å²) in [6, 6.07) is 12.1. The van der Waals surface area contributed by atoms with Gasteiger partial charge in [0.15, 0.2) is 10.0 Å². The Morgan fingerprint density at radius 2 is 2.20 bits per heavy atom. The number of aromatic nitrogens is 3. The molecule has 1 saturated heterocycles. The minimum Gasteiger partial charge on any atom is -0.476 e. The van der Waals surface area contributed by atoms with Gasteiger partial charge in [0, 0.05) is 42.8 Å². The molecule has 0 aliphatic carbocycles. The van der Waals surface area contributed by atoms with Crippen LogP contribution in [-0.2, 0) is 4.79 Å². The first-order valence-electron chi connectivity index (χ1n) is 9.56. The second-order valence-electron chi connectivity index (χ2n) is 6.85. The van der Waals surface area contributed by atoms with E-state index in [9.17, 15) is 9.59 Å². The van der Waals surface area contributed by atoms with Gasteiger partial charge in [-0.3, -0.25) is 9.89 Å². The van der Waals surface area contributed by atoms with E-state index in [2.05, 4.69) is 20.5 Å². The zero-order valence-electron chi connectivity index (χ0n) is 16.1. The van der Waals surface area contributed by atoms with Crippen LogP contribution in [0.1, 0.15) is 23.3 Å². The van der Waals surface area contributed by atoms with Crippen LogP contribution in [0.15, 0.2) is 46.1 Å². The van der Waals surface area contributed by atoms with E-state index in [-0.39, 0.29) is 17.6 Å². The largest absolute Gasteiger partial charge is 0.476 e. The van der Waals surface area contributed by atoms with Crippen molar-refractivity contribution in [3.05, 3.63) is 47.5 Å². The molecule has 1 fully saturated rings. The van der Waals surface area contributed by atoms with E-state index in [1.54, 1.807) is 0 Å². The monoisotopic (exact) mass is 443 g/mol. The molecule has 10 heteroatoms. The third-order valence-electron chi connectivity index (χ3n) is 4.89. The molecule has 4 rings (SSSR count). The lowest BCUT2D eigenvalue weighted by Gasteiger charge is -2.24. The van der Waals surface area contributed by atoms with Gasteiger partial charge < -0.3 is 15.3 Å². The highest BCUT2D eigenvalue weighted by Crippen LogP contribution is 2.25. The number of likely N-dealkylation sites (tertiary alicyclic amines) is 1. The Kier molecular flexibility index (Phi) is 6.34. The summed E-state index contributed by atoms with van der Waals surface area (Å²) in [6.07, 6.45) is 1.36. The molecule has 156 valence electrons. The normalized spacial score (nSPS) is 16.2. The summed E-state index contributed by atoms with van der Waals surface area (Å²) >= 11 is 2.79. The predicted molar refractivity (Wildman–Crippen MR) is 117 cm³/mol. The molecule has 1 amide bonds. The van der Waals surface area contributed by atoms with E-state index < -0.39 is 5.97 Å². The molecular formula is C20H21N5O3S2. The van der Waals surface area contributed by atoms with E-state index >= 15 is 0 Å². The third kappa shape index (κ3) is 4.82. The number of amides is 1. The fourth-order valence-corrected chi connectivity index (χ4v) is 5.18. The number of H-pyrrole nitrogens is 1. The number of nitrogens with zero attached hydrogens (tertiary/aromatic N) is 3. The van der Waals surface area contributed by atoms with E-state index in [1.165, 1.54) is 28.5 Å². The zero-order chi connectivity index (χ0) is 20.9. The van der Waals surface area contributed by atoms with Gasteiger partial charge in [0.25, 0.3) is 0 Å². The number of carboxylic acid groups (broad SMARTS) is 1. The molecule has 1 aliphatic heterocycles. The molecule has 1 unspecified atom stereocenters. The lowest BCUT2D eigenvalue weighted by molar-refractivity contribution is -0.128. The Balaban J connectivity index is 1.29. The Morgan fingerprint density at radius 3 is 2.97 bits per heavy atom. The summed E-state index contributed by atoms with van der Waals surface area (Å²) in [5.74, 6) is 0.564. The summed E-state index contributed by atoms with van der Waals surface area (Å²) < 4.78 is 0.707. The summed E-state index contributed by atoms with van der Waals surface area (Å²) in [6.45, 7) is 1.24. The standard InChI is InChI=1S/C20H21N5O3S2/c26-18-7-6-14(25(18)8-9-29-20-22-16(12-30-20)19(27)28)11-21-17-10-15(23-24-17)13-4-2-1-3-5-13/h1-5,10,12,14H,6-9,11H2,(H,27,28)(H2,21,23,24). The number of anilines is 1. The van der Waals surface area contributed by atoms with Crippen LogP contribution in [0.2, 0.25) is 0 Å². The number of hydrogen-bond acceptors (Lipinski definition) is 7. The molecule has 3 N–H and O–H groups in total. The molecule has 0 saturated carbocycles. The van der Waals surface area contributed by atoms with Crippen LogP contribution in [0.25, 0.3) is 11.3 Å². The molecule has 2 aromatic heterocycles. The van der Waals surface area contributed by atoms with Crippen LogP contribution in [0.4, 0.5) is 5.82 Å². The summed E-state index contributed by atoms with van der Waals surface area (Å²) in [5.41, 5.74) is 2.08. The first kappa shape index (κ1) is 20.4. The van der Waals surface area contributed by atoms with Gasteiger partial charge >= 0.3 is 5.97 Å². The van der Waals surface area contributed by atoms with Gasteiger partial charge in [0.05, 0.1) is 5.69 Å². The van der Waals surface area contributed by atoms with Crippen molar-refractivity contribution in [2.24, 2.45) is 0 Å². The number of nitrogens with one attached hydrogen (secondary N) is 2. The molecule has 3 heterocycles. The molecule has 3 aromatic rings. The second kappa shape index (κ2) is 9.31. The van der Waals surface area contributed by atoms with Crippen LogP contribution >= 0.6 is 23.1 Å². The van der Waals surface area contributed by atoms with Gasteiger partial charge in [0.1, 0.15) is 5.82 Å². The van der Waals surface area contributed by atoms with Crippen LogP contribution < -0.4 is 5.32 Å². The first-order chi connectivity index (χ1) is 14.6. The van der Waals surface area contributed by atoms with Gasteiger partial charge in [-0.05, 0) is 12.0 Å². The maximum Gasteiger partial charge on any atom is 0.355 e. The molecule has 30 heavy (non-hydrogen) atoms. The Labute approximate surface area is 181 Å². The molecule has 8 nitrogen and oxygen atoms in total. The minimum absolute atomic E-state index is 0.0655. The summed E-state index contributed by atoms with van der Waals surface area (Å²) in [7, 11) is 0. The molecule has 0 spiro atoms. The summed E-state index contributed by atoms with van der Waals surface area (Å²) in [5, 5.41) is 21.2. The highest BCUT2D eigenvalue weighted by molar-refractivity contribution is 8.01. The Bertz CT molecular complexity index is 1020. The second-order valence-corrected chi connectivity index (χ2v) is 9.05. The molecule has 1 aromatic carbocycles. The Hall–Kier alpha value is -2.85. The van der Waals surface area contributed by atoms with Crippen molar-refractivity contribution < 1.29 is 14.7 Å². The lowest BCUT2D eigenvalue weighted by Crippen LogP contribution is -2.39. The Morgan fingerprint density at radius 1 is 1.37 bits per heavy atom. The quantitative estimate of drug-likeness (QED) is 0.435. The maximum atomic E-state index is 12.3. The van der Waals surface area contributed by atoms with E-state index in [4.69, 9.17) is 5.11 Å². The average molecular weight is 444 g/mol. The molecule has 0 bridgehead atoms. The van der Waals surface area contributed by atoms with Crippen molar-refractivity contribution in [3.63, 3.8) is 0 Å². The van der Waals surface area contributed by atoms with E-state index in [1.807, 2.05) is 41.3 Å². The lowest BCUT2D eigenvalue weighted by atomic mass is 10.1. The predicted octanol–water partition coefficient (Wildman–Crippen LogP) is 3.43. The summed E-state index contributed by atoms with van der Waals surface area (Å²) in [4.78, 5) is 29.2. The fourth-order valence-electron chi connectivity index (χ4n) is 3.37.